The quantitative estimate of drug-likeness (QED) is 0.487. The molecule has 9 heteroatoms. The van der Waals surface area contributed by atoms with Crippen LogP contribution < -0.4 is 16.4 Å². The minimum atomic E-state index is 0.296. The molecule has 31 heavy (non-hydrogen) atoms. The highest BCUT2D eigenvalue weighted by Crippen LogP contribution is 2.35. The maximum absolute atomic E-state index is 9.31. The highest BCUT2D eigenvalue weighted by Gasteiger charge is 2.25. The highest BCUT2D eigenvalue weighted by molar-refractivity contribution is 9.10. The molecule has 0 bridgehead atoms. The number of benzene rings is 1. The zero-order valence-electron chi connectivity index (χ0n) is 17.2. The number of imidazole rings is 1. The van der Waals surface area contributed by atoms with Crippen molar-refractivity contribution in [2.24, 2.45) is 5.73 Å². The first-order valence-corrected chi connectivity index (χ1v) is 11.6. The van der Waals surface area contributed by atoms with Gasteiger partial charge in [0.05, 0.1) is 18.0 Å². The lowest BCUT2D eigenvalue weighted by molar-refractivity contribution is 0.319. The van der Waals surface area contributed by atoms with Gasteiger partial charge in [-0.1, -0.05) is 15.9 Å². The number of nitriles is 1. The molecule has 4 N–H and O–H groups in total. The number of rotatable bonds is 5. The van der Waals surface area contributed by atoms with Crippen LogP contribution in [0.25, 0.3) is 11.2 Å². The van der Waals surface area contributed by atoms with Crippen molar-refractivity contribution >= 4 is 44.5 Å². The highest BCUT2D eigenvalue weighted by atomic mass is 79.9. The van der Waals surface area contributed by atoms with Gasteiger partial charge >= 0.3 is 0 Å². The predicted octanol–water partition coefficient (Wildman–Crippen LogP) is 4.61. The summed E-state index contributed by atoms with van der Waals surface area (Å²) in [5, 5.41) is 16.2. The van der Waals surface area contributed by atoms with Crippen LogP contribution in [0.2, 0.25) is 0 Å². The second-order valence-electron chi connectivity index (χ2n) is 8.53. The van der Waals surface area contributed by atoms with Gasteiger partial charge in [-0.15, -0.1) is 0 Å². The monoisotopic (exact) mass is 480 g/mol. The van der Waals surface area contributed by atoms with Crippen molar-refractivity contribution in [2.75, 3.05) is 10.6 Å². The van der Waals surface area contributed by atoms with Crippen LogP contribution in [0.1, 0.15) is 56.6 Å². The van der Waals surface area contributed by atoms with Gasteiger partial charge in [0.1, 0.15) is 0 Å². The summed E-state index contributed by atoms with van der Waals surface area (Å²) < 4.78 is 3.01. The van der Waals surface area contributed by atoms with E-state index in [1.54, 1.807) is 12.1 Å². The second-order valence-corrected chi connectivity index (χ2v) is 9.44. The van der Waals surface area contributed by atoms with Crippen LogP contribution >= 0.6 is 15.9 Å². The summed E-state index contributed by atoms with van der Waals surface area (Å²) >= 11 is 3.48. The second kappa shape index (κ2) is 8.44. The van der Waals surface area contributed by atoms with Crippen LogP contribution in [0.15, 0.2) is 29.0 Å². The van der Waals surface area contributed by atoms with Gasteiger partial charge in [-0.25, -0.2) is 4.98 Å². The summed E-state index contributed by atoms with van der Waals surface area (Å²) in [5.74, 6) is 1.24. The molecule has 2 aromatic heterocycles. The number of hydrogen-bond donors (Lipinski definition) is 3. The molecule has 2 aliphatic carbocycles. The van der Waals surface area contributed by atoms with Gasteiger partial charge in [-0.2, -0.15) is 15.2 Å². The summed E-state index contributed by atoms with van der Waals surface area (Å²) in [4.78, 5) is 14.3. The van der Waals surface area contributed by atoms with Crippen LogP contribution in [0.3, 0.4) is 0 Å². The lowest BCUT2D eigenvalue weighted by atomic mass is 9.92. The molecule has 2 fully saturated rings. The van der Waals surface area contributed by atoms with Crippen LogP contribution in [0.5, 0.6) is 0 Å². The molecule has 0 saturated heterocycles. The molecule has 160 valence electrons. The largest absolute Gasteiger partial charge is 0.351 e. The Labute approximate surface area is 189 Å². The fourth-order valence-corrected chi connectivity index (χ4v) is 4.80. The fraction of sp³-hybridized carbons (Fsp3) is 0.455. The van der Waals surface area contributed by atoms with Gasteiger partial charge in [0.15, 0.2) is 17.0 Å². The normalized spacial score (nSPS) is 21.5. The van der Waals surface area contributed by atoms with E-state index in [-0.39, 0.29) is 0 Å². The first kappa shape index (κ1) is 20.2. The molecule has 0 atom stereocenters. The summed E-state index contributed by atoms with van der Waals surface area (Å²) in [7, 11) is 0. The third kappa shape index (κ3) is 4.23. The van der Waals surface area contributed by atoms with Crippen molar-refractivity contribution in [2.45, 2.75) is 63.1 Å². The number of nitrogens with one attached hydrogen (secondary N) is 2. The topological polar surface area (TPSA) is 117 Å². The number of hydrogen-bond acceptors (Lipinski definition) is 7. The zero-order chi connectivity index (χ0) is 21.4. The van der Waals surface area contributed by atoms with Crippen molar-refractivity contribution in [1.82, 2.24) is 19.5 Å². The summed E-state index contributed by atoms with van der Waals surface area (Å²) in [6.07, 6.45) is 9.48. The van der Waals surface area contributed by atoms with Gasteiger partial charge in [0.2, 0.25) is 5.95 Å². The zero-order valence-corrected chi connectivity index (χ0v) is 18.8. The molecule has 0 amide bonds. The SMILES string of the molecule is N#Cc1cc(Br)cc(Nc2nc(NC3CCC(N)CC3)nc3c2ncn3C2CCC2)c1. The van der Waals surface area contributed by atoms with Crippen molar-refractivity contribution in [3.63, 3.8) is 0 Å². The Morgan fingerprint density at radius 2 is 1.90 bits per heavy atom. The molecular formula is C22H25BrN8. The summed E-state index contributed by atoms with van der Waals surface area (Å²) in [5.41, 5.74) is 8.99. The molecule has 1 aromatic carbocycles. The molecule has 2 saturated carbocycles. The average molecular weight is 481 g/mol. The van der Waals surface area contributed by atoms with Crippen molar-refractivity contribution in [3.8, 4) is 6.07 Å². The van der Waals surface area contributed by atoms with Gasteiger partial charge < -0.3 is 20.9 Å². The molecule has 0 unspecified atom stereocenters. The lowest BCUT2D eigenvalue weighted by Crippen LogP contribution is -2.33. The van der Waals surface area contributed by atoms with Crippen LogP contribution in [-0.4, -0.2) is 31.6 Å². The third-order valence-corrected chi connectivity index (χ3v) is 6.74. The Morgan fingerprint density at radius 1 is 1.10 bits per heavy atom. The predicted molar refractivity (Wildman–Crippen MR) is 124 cm³/mol. The molecule has 3 aromatic rings. The molecule has 0 spiro atoms. The van der Waals surface area contributed by atoms with Crippen LogP contribution in [-0.2, 0) is 0 Å². The van der Waals surface area contributed by atoms with E-state index >= 15 is 0 Å². The number of anilines is 3. The fourth-order valence-electron chi connectivity index (χ4n) is 4.31. The Morgan fingerprint density at radius 3 is 2.61 bits per heavy atom. The van der Waals surface area contributed by atoms with Gasteiger partial charge in [-0.3, -0.25) is 0 Å². The number of nitrogens with zero attached hydrogens (tertiary/aromatic N) is 5. The number of halogens is 1. The van der Waals surface area contributed by atoms with E-state index in [2.05, 4.69) is 42.2 Å². The van der Waals surface area contributed by atoms with Gasteiger partial charge in [0, 0.05) is 28.3 Å². The Kier molecular flexibility index (Phi) is 5.50. The summed E-state index contributed by atoms with van der Waals surface area (Å²) in [6, 6.07) is 8.77. The van der Waals surface area contributed by atoms with E-state index in [0.29, 0.717) is 35.5 Å². The maximum Gasteiger partial charge on any atom is 0.227 e. The van der Waals surface area contributed by atoms with E-state index in [9.17, 15) is 5.26 Å². The molecule has 8 nitrogen and oxygen atoms in total. The Balaban J connectivity index is 1.52. The first-order valence-electron chi connectivity index (χ1n) is 10.8. The standard InChI is InChI=1S/C22H25BrN8/c23-14-8-13(11-24)9-17(10-14)27-20-19-21(31(12-26-19)18-2-1-3-18)30-22(29-20)28-16-6-4-15(25)5-7-16/h8-10,12,15-16,18H,1-7,25H2,(H2,27,28,29,30). The summed E-state index contributed by atoms with van der Waals surface area (Å²) in [6.45, 7) is 0. The van der Waals surface area contributed by atoms with E-state index in [4.69, 9.17) is 15.7 Å². The van der Waals surface area contributed by atoms with Gasteiger partial charge in [0.25, 0.3) is 0 Å². The van der Waals surface area contributed by atoms with E-state index in [1.165, 1.54) is 6.42 Å². The molecule has 5 rings (SSSR count). The molecule has 2 heterocycles. The Bertz CT molecular complexity index is 1140. The molecular weight excluding hydrogens is 456 g/mol. The molecule has 2 aliphatic rings. The lowest BCUT2D eigenvalue weighted by Gasteiger charge is -2.28. The minimum absolute atomic E-state index is 0.296. The smallest absolute Gasteiger partial charge is 0.227 e. The van der Waals surface area contributed by atoms with Gasteiger partial charge in [-0.05, 0) is 63.1 Å². The average Bonchev–Trinajstić information content (AvgIpc) is 3.12. The van der Waals surface area contributed by atoms with E-state index in [0.717, 1.165) is 59.8 Å². The number of fused-ring (bicyclic) bond motifs is 1. The van der Waals surface area contributed by atoms with Crippen LogP contribution in [0.4, 0.5) is 17.5 Å². The minimum Gasteiger partial charge on any atom is -0.351 e. The number of aromatic nitrogens is 4. The van der Waals surface area contributed by atoms with E-state index in [1.807, 2.05) is 12.4 Å². The van der Waals surface area contributed by atoms with Crippen molar-refractivity contribution in [3.05, 3.63) is 34.6 Å². The van der Waals surface area contributed by atoms with Crippen molar-refractivity contribution < 1.29 is 0 Å². The van der Waals surface area contributed by atoms with E-state index < -0.39 is 0 Å². The molecule has 0 aliphatic heterocycles. The third-order valence-electron chi connectivity index (χ3n) is 6.28. The first-order chi connectivity index (χ1) is 15.1. The number of nitrogens with two attached hydrogens (primary N) is 1. The van der Waals surface area contributed by atoms with Crippen molar-refractivity contribution in [1.29, 1.82) is 5.26 Å². The Hall–Kier alpha value is -2.70. The van der Waals surface area contributed by atoms with Crippen LogP contribution in [0, 0.1) is 11.3 Å². The maximum atomic E-state index is 9.31. The molecule has 0 radical (unpaired) electrons.